The molecule has 1 aliphatic rings. The van der Waals surface area contributed by atoms with Crippen molar-refractivity contribution >= 4 is 0 Å². The maximum absolute atomic E-state index is 6.53. The summed E-state index contributed by atoms with van der Waals surface area (Å²) in [7, 11) is 1.68. The average molecular weight is 283 g/mol. The zero-order valence-electron chi connectivity index (χ0n) is 12.6. The van der Waals surface area contributed by atoms with Crippen LogP contribution < -0.4 is 15.2 Å². The van der Waals surface area contributed by atoms with Gasteiger partial charge in [-0.1, -0.05) is 35.9 Å². The lowest BCUT2D eigenvalue weighted by molar-refractivity contribution is 0.284. The first-order chi connectivity index (χ1) is 10.2. The summed E-state index contributed by atoms with van der Waals surface area (Å²) in [6, 6.07) is 12.1. The van der Waals surface area contributed by atoms with Crippen LogP contribution in [0.15, 0.2) is 36.4 Å². The van der Waals surface area contributed by atoms with Gasteiger partial charge in [0.15, 0.2) is 0 Å². The molecule has 0 bridgehead atoms. The van der Waals surface area contributed by atoms with Crippen molar-refractivity contribution < 1.29 is 9.47 Å². The molecule has 1 aliphatic heterocycles. The van der Waals surface area contributed by atoms with Crippen LogP contribution in [0.1, 0.15) is 34.7 Å². The summed E-state index contributed by atoms with van der Waals surface area (Å²) in [4.78, 5) is 0. The van der Waals surface area contributed by atoms with Gasteiger partial charge in [0, 0.05) is 11.1 Å². The van der Waals surface area contributed by atoms with Crippen LogP contribution >= 0.6 is 0 Å². The Morgan fingerprint density at radius 3 is 2.86 bits per heavy atom. The van der Waals surface area contributed by atoms with Crippen molar-refractivity contribution in [1.82, 2.24) is 0 Å². The van der Waals surface area contributed by atoms with E-state index >= 15 is 0 Å². The van der Waals surface area contributed by atoms with Crippen LogP contribution in [-0.4, -0.2) is 13.7 Å². The third kappa shape index (κ3) is 2.61. The van der Waals surface area contributed by atoms with Crippen LogP contribution in [0.5, 0.6) is 11.5 Å². The van der Waals surface area contributed by atoms with Gasteiger partial charge in [0.25, 0.3) is 0 Å². The van der Waals surface area contributed by atoms with Crippen molar-refractivity contribution in [2.24, 2.45) is 5.73 Å². The number of benzene rings is 2. The fourth-order valence-corrected chi connectivity index (χ4v) is 2.92. The second-order valence-electron chi connectivity index (χ2n) is 5.51. The summed E-state index contributed by atoms with van der Waals surface area (Å²) in [5.74, 6) is 1.78. The highest BCUT2D eigenvalue weighted by Crippen LogP contribution is 2.37. The molecule has 3 nitrogen and oxygen atoms in total. The Balaban J connectivity index is 2.07. The molecule has 1 atom stereocenters. The highest BCUT2D eigenvalue weighted by Gasteiger charge is 2.22. The van der Waals surface area contributed by atoms with E-state index in [1.54, 1.807) is 7.11 Å². The van der Waals surface area contributed by atoms with E-state index < -0.39 is 0 Å². The lowest BCUT2D eigenvalue weighted by atomic mass is 9.93. The van der Waals surface area contributed by atoms with Crippen LogP contribution in [0, 0.1) is 6.92 Å². The molecule has 2 aromatic rings. The molecule has 0 radical (unpaired) electrons. The second kappa shape index (κ2) is 5.78. The molecule has 0 aromatic heterocycles. The minimum atomic E-state index is -0.243. The van der Waals surface area contributed by atoms with Gasteiger partial charge >= 0.3 is 0 Å². The standard InChI is InChI=1S/C18H21NO2/c1-12-8-9-16(20-2)15(11-12)17(19)14-7-3-5-13-6-4-10-21-18(13)14/h3,5,7-9,11,17H,4,6,10,19H2,1-2H3. The number of rotatable bonds is 3. The Labute approximate surface area is 125 Å². The Morgan fingerprint density at radius 2 is 2.05 bits per heavy atom. The normalized spacial score (nSPS) is 15.0. The molecule has 1 heterocycles. The Hall–Kier alpha value is -2.00. The predicted octanol–water partition coefficient (Wildman–Crippen LogP) is 3.38. The zero-order valence-corrected chi connectivity index (χ0v) is 12.6. The van der Waals surface area contributed by atoms with Crippen LogP contribution in [0.4, 0.5) is 0 Å². The van der Waals surface area contributed by atoms with Gasteiger partial charge in [-0.15, -0.1) is 0 Å². The van der Waals surface area contributed by atoms with Crippen molar-refractivity contribution in [1.29, 1.82) is 0 Å². The molecule has 0 spiro atoms. The lowest BCUT2D eigenvalue weighted by Crippen LogP contribution is -2.18. The third-order valence-electron chi connectivity index (χ3n) is 4.02. The van der Waals surface area contributed by atoms with Gasteiger partial charge in [-0.3, -0.25) is 0 Å². The Kier molecular flexibility index (Phi) is 3.84. The topological polar surface area (TPSA) is 44.5 Å². The monoisotopic (exact) mass is 283 g/mol. The summed E-state index contributed by atoms with van der Waals surface area (Å²) < 4.78 is 11.3. The molecule has 1 unspecified atom stereocenters. The number of fused-ring (bicyclic) bond motifs is 1. The number of methoxy groups -OCH3 is 1. The van der Waals surface area contributed by atoms with E-state index in [9.17, 15) is 0 Å². The number of ether oxygens (including phenoxy) is 2. The molecule has 21 heavy (non-hydrogen) atoms. The molecule has 0 aliphatic carbocycles. The smallest absolute Gasteiger partial charge is 0.127 e. The lowest BCUT2D eigenvalue weighted by Gasteiger charge is -2.24. The van der Waals surface area contributed by atoms with E-state index in [0.717, 1.165) is 42.1 Å². The quantitative estimate of drug-likeness (QED) is 0.939. The maximum Gasteiger partial charge on any atom is 0.127 e. The SMILES string of the molecule is COc1ccc(C)cc1C(N)c1cccc2c1OCCC2. The first-order valence-corrected chi connectivity index (χ1v) is 7.35. The van der Waals surface area contributed by atoms with Gasteiger partial charge in [-0.2, -0.15) is 0 Å². The van der Waals surface area contributed by atoms with E-state index in [4.69, 9.17) is 15.2 Å². The summed E-state index contributed by atoms with van der Waals surface area (Å²) in [5.41, 5.74) is 11.0. The fourth-order valence-electron chi connectivity index (χ4n) is 2.92. The Bertz CT molecular complexity index is 652. The van der Waals surface area contributed by atoms with Gasteiger partial charge in [0.05, 0.1) is 19.8 Å². The van der Waals surface area contributed by atoms with Crippen molar-refractivity contribution in [2.75, 3.05) is 13.7 Å². The average Bonchev–Trinajstić information content (AvgIpc) is 2.53. The number of para-hydroxylation sites is 1. The molecule has 2 N–H and O–H groups in total. The molecule has 110 valence electrons. The number of aryl methyl sites for hydroxylation is 2. The zero-order chi connectivity index (χ0) is 14.8. The minimum absolute atomic E-state index is 0.243. The molecular weight excluding hydrogens is 262 g/mol. The Morgan fingerprint density at radius 1 is 1.19 bits per heavy atom. The molecule has 0 saturated carbocycles. The molecule has 3 rings (SSSR count). The number of hydrogen-bond acceptors (Lipinski definition) is 3. The van der Waals surface area contributed by atoms with Crippen molar-refractivity contribution in [2.45, 2.75) is 25.8 Å². The highest BCUT2D eigenvalue weighted by atomic mass is 16.5. The first-order valence-electron chi connectivity index (χ1n) is 7.35. The summed E-state index contributed by atoms with van der Waals surface area (Å²) in [5, 5.41) is 0. The van der Waals surface area contributed by atoms with E-state index in [-0.39, 0.29) is 6.04 Å². The maximum atomic E-state index is 6.53. The number of nitrogens with two attached hydrogens (primary N) is 1. The van der Waals surface area contributed by atoms with Crippen LogP contribution in [0.25, 0.3) is 0 Å². The van der Waals surface area contributed by atoms with Crippen molar-refractivity contribution in [3.63, 3.8) is 0 Å². The van der Waals surface area contributed by atoms with E-state index in [1.165, 1.54) is 11.1 Å². The summed E-state index contributed by atoms with van der Waals surface area (Å²) >= 11 is 0. The van der Waals surface area contributed by atoms with E-state index in [1.807, 2.05) is 12.1 Å². The summed E-state index contributed by atoms with van der Waals surface area (Å²) in [6.45, 7) is 2.83. The van der Waals surface area contributed by atoms with Gasteiger partial charge in [-0.25, -0.2) is 0 Å². The second-order valence-corrected chi connectivity index (χ2v) is 5.51. The summed E-state index contributed by atoms with van der Waals surface area (Å²) in [6.07, 6.45) is 2.13. The van der Waals surface area contributed by atoms with Crippen molar-refractivity contribution in [3.05, 3.63) is 58.7 Å². The molecular formula is C18H21NO2. The molecule has 0 fully saturated rings. The largest absolute Gasteiger partial charge is 0.496 e. The number of hydrogen-bond donors (Lipinski definition) is 1. The predicted molar refractivity (Wildman–Crippen MR) is 84.0 cm³/mol. The highest BCUT2D eigenvalue weighted by molar-refractivity contribution is 5.51. The fraction of sp³-hybridized carbons (Fsp3) is 0.333. The third-order valence-corrected chi connectivity index (χ3v) is 4.02. The van der Waals surface area contributed by atoms with Crippen molar-refractivity contribution in [3.8, 4) is 11.5 Å². The van der Waals surface area contributed by atoms with Gasteiger partial charge in [-0.05, 0) is 31.4 Å². The van der Waals surface area contributed by atoms with Gasteiger partial charge < -0.3 is 15.2 Å². The van der Waals surface area contributed by atoms with Crippen LogP contribution in [0.3, 0.4) is 0 Å². The van der Waals surface area contributed by atoms with E-state index in [2.05, 4.69) is 31.2 Å². The molecule has 3 heteroatoms. The minimum Gasteiger partial charge on any atom is -0.496 e. The molecule has 0 saturated heterocycles. The van der Waals surface area contributed by atoms with Gasteiger partial charge in [0.2, 0.25) is 0 Å². The van der Waals surface area contributed by atoms with Crippen LogP contribution in [-0.2, 0) is 6.42 Å². The van der Waals surface area contributed by atoms with Gasteiger partial charge in [0.1, 0.15) is 11.5 Å². The van der Waals surface area contributed by atoms with Crippen LogP contribution in [0.2, 0.25) is 0 Å². The first kappa shape index (κ1) is 14.0. The molecule has 2 aromatic carbocycles. The molecule has 0 amide bonds. The van der Waals surface area contributed by atoms with E-state index in [0.29, 0.717) is 0 Å².